The molecule has 7 heteroatoms. The highest BCUT2D eigenvalue weighted by Crippen LogP contribution is 2.24. The molecule has 0 saturated carbocycles. The van der Waals surface area contributed by atoms with Crippen molar-refractivity contribution in [3.05, 3.63) is 17.3 Å². The standard InChI is InChI=1S/C17H26N4O3/c1-10(2)17-19-11(3)14(24-17)6-18-16(23)12-5-15(22)21(7-12)13-8-20(4)9-13/h10,12-13H,5-9H2,1-4H3,(H,18,23). The molecule has 0 aromatic carbocycles. The van der Waals surface area contributed by atoms with Crippen molar-refractivity contribution in [2.75, 3.05) is 26.7 Å². The van der Waals surface area contributed by atoms with Crippen molar-refractivity contribution in [2.45, 2.75) is 45.7 Å². The number of aryl methyl sites for hydroxylation is 1. The molecule has 0 spiro atoms. The maximum atomic E-state index is 12.4. The van der Waals surface area contributed by atoms with Crippen LogP contribution in [0, 0.1) is 12.8 Å². The lowest BCUT2D eigenvalue weighted by atomic mass is 10.1. The molecule has 0 aliphatic carbocycles. The summed E-state index contributed by atoms with van der Waals surface area (Å²) in [6.07, 6.45) is 0.304. The highest BCUT2D eigenvalue weighted by atomic mass is 16.4. The van der Waals surface area contributed by atoms with E-state index >= 15 is 0 Å². The Labute approximate surface area is 142 Å². The normalized spacial score (nSPS) is 22.3. The number of aromatic nitrogens is 1. The molecule has 132 valence electrons. The number of likely N-dealkylation sites (N-methyl/N-ethyl adjacent to an activating group) is 1. The Hall–Kier alpha value is -1.89. The van der Waals surface area contributed by atoms with Gasteiger partial charge in [-0.2, -0.15) is 0 Å². The van der Waals surface area contributed by atoms with Crippen molar-refractivity contribution in [3.8, 4) is 0 Å². The van der Waals surface area contributed by atoms with E-state index in [9.17, 15) is 9.59 Å². The Balaban J connectivity index is 1.53. The van der Waals surface area contributed by atoms with Gasteiger partial charge in [-0.1, -0.05) is 13.8 Å². The van der Waals surface area contributed by atoms with E-state index in [-0.39, 0.29) is 29.7 Å². The molecule has 2 aliphatic rings. The Bertz CT molecular complexity index is 634. The van der Waals surface area contributed by atoms with Gasteiger partial charge in [-0.25, -0.2) is 4.98 Å². The third kappa shape index (κ3) is 3.31. The molecule has 24 heavy (non-hydrogen) atoms. The van der Waals surface area contributed by atoms with Gasteiger partial charge in [0.2, 0.25) is 11.8 Å². The zero-order valence-corrected chi connectivity index (χ0v) is 14.8. The number of oxazole rings is 1. The predicted octanol–water partition coefficient (Wildman–Crippen LogP) is 0.885. The maximum absolute atomic E-state index is 12.4. The molecule has 2 saturated heterocycles. The molecule has 3 rings (SSSR count). The van der Waals surface area contributed by atoms with Crippen molar-refractivity contribution < 1.29 is 14.0 Å². The summed E-state index contributed by atoms with van der Waals surface area (Å²) in [6.45, 7) is 8.56. The minimum atomic E-state index is -0.267. The number of likely N-dealkylation sites (tertiary alicyclic amines) is 2. The summed E-state index contributed by atoms with van der Waals surface area (Å²) in [5.41, 5.74) is 0.806. The largest absolute Gasteiger partial charge is 0.443 e. The Morgan fingerprint density at radius 3 is 2.67 bits per heavy atom. The van der Waals surface area contributed by atoms with Crippen molar-refractivity contribution in [1.29, 1.82) is 0 Å². The molecule has 1 N–H and O–H groups in total. The van der Waals surface area contributed by atoms with Gasteiger partial charge in [0.25, 0.3) is 0 Å². The van der Waals surface area contributed by atoms with E-state index < -0.39 is 0 Å². The monoisotopic (exact) mass is 334 g/mol. The van der Waals surface area contributed by atoms with E-state index in [1.165, 1.54) is 0 Å². The van der Waals surface area contributed by atoms with Gasteiger partial charge in [-0.3, -0.25) is 9.59 Å². The van der Waals surface area contributed by atoms with Crippen LogP contribution in [0.4, 0.5) is 0 Å². The van der Waals surface area contributed by atoms with Gasteiger partial charge >= 0.3 is 0 Å². The molecule has 1 aromatic heterocycles. The van der Waals surface area contributed by atoms with Crippen LogP contribution in [-0.4, -0.2) is 59.3 Å². The van der Waals surface area contributed by atoms with E-state index in [2.05, 4.69) is 15.2 Å². The quantitative estimate of drug-likeness (QED) is 0.865. The minimum absolute atomic E-state index is 0.0829. The van der Waals surface area contributed by atoms with Crippen LogP contribution in [0.2, 0.25) is 0 Å². The zero-order chi connectivity index (χ0) is 17.4. The highest BCUT2D eigenvalue weighted by molar-refractivity contribution is 5.89. The maximum Gasteiger partial charge on any atom is 0.225 e. The van der Waals surface area contributed by atoms with Gasteiger partial charge < -0.3 is 19.5 Å². The Morgan fingerprint density at radius 1 is 1.38 bits per heavy atom. The van der Waals surface area contributed by atoms with Crippen LogP contribution in [0.3, 0.4) is 0 Å². The van der Waals surface area contributed by atoms with E-state index in [1.54, 1.807) is 0 Å². The smallest absolute Gasteiger partial charge is 0.225 e. The van der Waals surface area contributed by atoms with Crippen LogP contribution >= 0.6 is 0 Å². The molecule has 2 fully saturated rings. The molecular formula is C17H26N4O3. The fraction of sp³-hybridized carbons (Fsp3) is 0.706. The summed E-state index contributed by atoms with van der Waals surface area (Å²) >= 11 is 0. The lowest BCUT2D eigenvalue weighted by molar-refractivity contribution is -0.132. The Morgan fingerprint density at radius 2 is 2.08 bits per heavy atom. The first-order valence-electron chi connectivity index (χ1n) is 8.57. The molecule has 2 amide bonds. The van der Waals surface area contributed by atoms with Crippen LogP contribution < -0.4 is 5.32 Å². The molecule has 1 atom stereocenters. The fourth-order valence-corrected chi connectivity index (χ4v) is 3.30. The van der Waals surface area contributed by atoms with Gasteiger partial charge in [0.15, 0.2) is 5.89 Å². The summed E-state index contributed by atoms with van der Waals surface area (Å²) < 4.78 is 5.70. The number of amides is 2. The summed E-state index contributed by atoms with van der Waals surface area (Å²) in [4.78, 5) is 32.9. The van der Waals surface area contributed by atoms with Crippen LogP contribution in [0.5, 0.6) is 0 Å². The number of carbonyl (C=O) groups excluding carboxylic acids is 2. The van der Waals surface area contributed by atoms with Gasteiger partial charge in [-0.15, -0.1) is 0 Å². The van der Waals surface area contributed by atoms with Crippen molar-refractivity contribution in [2.24, 2.45) is 5.92 Å². The van der Waals surface area contributed by atoms with E-state index in [0.29, 0.717) is 31.2 Å². The molecule has 0 radical (unpaired) electrons. The number of hydrogen-bond acceptors (Lipinski definition) is 5. The molecule has 0 bridgehead atoms. The third-order valence-electron chi connectivity index (χ3n) is 4.84. The second-order valence-electron chi connectivity index (χ2n) is 7.26. The van der Waals surface area contributed by atoms with Crippen LogP contribution in [0.1, 0.15) is 43.5 Å². The van der Waals surface area contributed by atoms with Crippen molar-refractivity contribution >= 4 is 11.8 Å². The zero-order valence-electron chi connectivity index (χ0n) is 14.8. The Kier molecular flexibility index (Phi) is 4.62. The van der Waals surface area contributed by atoms with Crippen LogP contribution in [0.25, 0.3) is 0 Å². The molecule has 7 nitrogen and oxygen atoms in total. The van der Waals surface area contributed by atoms with Gasteiger partial charge in [0.1, 0.15) is 5.76 Å². The number of carbonyl (C=O) groups is 2. The minimum Gasteiger partial charge on any atom is -0.443 e. The van der Waals surface area contributed by atoms with Gasteiger partial charge in [0.05, 0.1) is 24.2 Å². The first kappa shape index (κ1) is 17.0. The van der Waals surface area contributed by atoms with Gasteiger partial charge in [0, 0.05) is 32.0 Å². The average Bonchev–Trinajstić information content (AvgIpc) is 3.05. The summed E-state index contributed by atoms with van der Waals surface area (Å²) in [7, 11) is 2.03. The third-order valence-corrected chi connectivity index (χ3v) is 4.84. The molecule has 3 heterocycles. The van der Waals surface area contributed by atoms with E-state index in [0.717, 1.165) is 18.8 Å². The van der Waals surface area contributed by atoms with Crippen molar-refractivity contribution in [1.82, 2.24) is 20.1 Å². The molecular weight excluding hydrogens is 308 g/mol. The van der Waals surface area contributed by atoms with Gasteiger partial charge in [-0.05, 0) is 14.0 Å². The number of nitrogens with one attached hydrogen (secondary N) is 1. The summed E-state index contributed by atoms with van der Waals surface area (Å²) in [5, 5.41) is 2.90. The topological polar surface area (TPSA) is 78.7 Å². The predicted molar refractivity (Wildman–Crippen MR) is 88.3 cm³/mol. The lowest BCUT2D eigenvalue weighted by Crippen LogP contribution is -2.58. The highest BCUT2D eigenvalue weighted by Gasteiger charge is 2.41. The molecule has 2 aliphatic heterocycles. The summed E-state index contributed by atoms with van der Waals surface area (Å²) in [6, 6.07) is 0.269. The lowest BCUT2D eigenvalue weighted by Gasteiger charge is -2.42. The second kappa shape index (κ2) is 6.55. The van der Waals surface area contributed by atoms with Crippen LogP contribution in [-0.2, 0) is 16.1 Å². The van der Waals surface area contributed by atoms with E-state index in [4.69, 9.17) is 4.42 Å². The molecule has 1 unspecified atom stereocenters. The fourth-order valence-electron chi connectivity index (χ4n) is 3.30. The molecule has 1 aromatic rings. The number of nitrogens with zero attached hydrogens (tertiary/aromatic N) is 3. The average molecular weight is 334 g/mol. The summed E-state index contributed by atoms with van der Waals surface area (Å²) in [5.74, 6) is 1.33. The van der Waals surface area contributed by atoms with Crippen molar-refractivity contribution in [3.63, 3.8) is 0 Å². The number of hydrogen-bond donors (Lipinski definition) is 1. The van der Waals surface area contributed by atoms with E-state index in [1.807, 2.05) is 32.7 Å². The first-order valence-corrected chi connectivity index (χ1v) is 8.57. The second-order valence-corrected chi connectivity index (χ2v) is 7.26. The number of rotatable bonds is 5. The first-order chi connectivity index (χ1) is 11.3. The van der Waals surface area contributed by atoms with Crippen LogP contribution in [0.15, 0.2) is 4.42 Å². The SMILES string of the molecule is Cc1nc(C(C)C)oc1CNC(=O)C1CC(=O)N(C2CN(C)C2)C1.